The summed E-state index contributed by atoms with van der Waals surface area (Å²) in [5.41, 5.74) is 0. The summed E-state index contributed by atoms with van der Waals surface area (Å²) in [5.74, 6) is -1.32. The number of pyridine rings is 1. The van der Waals surface area contributed by atoms with Gasteiger partial charge in [0.1, 0.15) is 5.01 Å². The van der Waals surface area contributed by atoms with Crippen LogP contribution in [0.4, 0.5) is 20.4 Å². The van der Waals surface area contributed by atoms with Crippen LogP contribution in [0.15, 0.2) is 12.3 Å². The predicted molar refractivity (Wildman–Crippen MR) is 81.8 cm³/mol. The zero-order valence-electron chi connectivity index (χ0n) is 12.2. The van der Waals surface area contributed by atoms with Gasteiger partial charge in [0, 0.05) is 23.7 Å². The Morgan fingerprint density at radius 2 is 2.00 bits per heavy atom. The fraction of sp³-hybridized carbons (Fsp3) is 0.429. The van der Waals surface area contributed by atoms with Crippen molar-refractivity contribution < 1.29 is 8.78 Å². The highest BCUT2D eigenvalue weighted by molar-refractivity contribution is 7.11. The molecule has 0 bridgehead atoms. The van der Waals surface area contributed by atoms with Gasteiger partial charge in [0.15, 0.2) is 23.3 Å². The summed E-state index contributed by atoms with van der Waals surface area (Å²) in [5, 5.41) is 6.61. The number of nitrogens with one attached hydrogen (secondary N) is 2. The van der Waals surface area contributed by atoms with Gasteiger partial charge in [-0.2, -0.15) is 0 Å². The monoisotopic (exact) mass is 312 g/mol. The standard InChI is InChI=1S/C14H18F2N4S/c1-4-5-17-12-10(15)6-11(16)13(20-12)19-9(3)14-18-7-8(2)21-14/h6-7,9H,4-5H2,1-3H3,(H2,17,19,20). The Balaban J connectivity index is 2.18. The fourth-order valence-corrected chi connectivity index (χ4v) is 2.55. The van der Waals surface area contributed by atoms with E-state index in [0.717, 1.165) is 22.4 Å². The van der Waals surface area contributed by atoms with Gasteiger partial charge in [-0.05, 0) is 20.3 Å². The lowest BCUT2D eigenvalue weighted by Crippen LogP contribution is -2.12. The van der Waals surface area contributed by atoms with E-state index in [2.05, 4.69) is 20.6 Å². The highest BCUT2D eigenvalue weighted by atomic mass is 32.1. The number of anilines is 2. The van der Waals surface area contributed by atoms with E-state index in [1.807, 2.05) is 20.8 Å². The number of aryl methyl sites for hydroxylation is 1. The molecule has 0 fully saturated rings. The smallest absolute Gasteiger partial charge is 0.168 e. The molecular formula is C14H18F2N4S. The van der Waals surface area contributed by atoms with Crippen molar-refractivity contribution in [2.45, 2.75) is 33.2 Å². The molecule has 7 heteroatoms. The topological polar surface area (TPSA) is 49.8 Å². The van der Waals surface area contributed by atoms with E-state index in [4.69, 9.17) is 0 Å². The quantitative estimate of drug-likeness (QED) is 0.842. The minimum Gasteiger partial charge on any atom is -0.368 e. The van der Waals surface area contributed by atoms with Crippen molar-refractivity contribution in [2.75, 3.05) is 17.2 Å². The largest absolute Gasteiger partial charge is 0.368 e. The molecule has 2 aromatic rings. The number of rotatable bonds is 6. The van der Waals surface area contributed by atoms with Gasteiger partial charge in [-0.1, -0.05) is 6.92 Å². The molecule has 0 aliphatic carbocycles. The van der Waals surface area contributed by atoms with Crippen LogP contribution >= 0.6 is 11.3 Å². The molecule has 2 rings (SSSR count). The summed E-state index contributed by atoms with van der Waals surface area (Å²) in [6, 6.07) is 0.642. The number of hydrogen-bond donors (Lipinski definition) is 2. The first-order chi connectivity index (χ1) is 10.0. The second-order valence-corrected chi connectivity index (χ2v) is 6.02. The number of nitrogens with zero attached hydrogens (tertiary/aromatic N) is 2. The third-order valence-corrected chi connectivity index (χ3v) is 3.93. The molecule has 0 spiro atoms. The van der Waals surface area contributed by atoms with E-state index in [1.54, 1.807) is 6.20 Å². The van der Waals surface area contributed by atoms with Gasteiger partial charge in [0.05, 0.1) is 6.04 Å². The molecule has 1 unspecified atom stereocenters. The first-order valence-corrected chi connectivity index (χ1v) is 7.61. The molecule has 21 heavy (non-hydrogen) atoms. The Labute approximate surface area is 126 Å². The molecule has 2 N–H and O–H groups in total. The van der Waals surface area contributed by atoms with E-state index in [-0.39, 0.29) is 17.7 Å². The lowest BCUT2D eigenvalue weighted by atomic mass is 10.3. The van der Waals surface area contributed by atoms with Crippen LogP contribution in [0, 0.1) is 18.6 Å². The maximum absolute atomic E-state index is 13.8. The number of hydrogen-bond acceptors (Lipinski definition) is 5. The van der Waals surface area contributed by atoms with Crippen molar-refractivity contribution in [3.8, 4) is 0 Å². The number of thiazole rings is 1. The van der Waals surface area contributed by atoms with Crippen LogP contribution in [-0.2, 0) is 0 Å². The predicted octanol–water partition coefficient (Wildman–Crippen LogP) is 4.12. The van der Waals surface area contributed by atoms with Crippen molar-refractivity contribution in [1.29, 1.82) is 0 Å². The highest BCUT2D eigenvalue weighted by Crippen LogP contribution is 2.25. The first-order valence-electron chi connectivity index (χ1n) is 6.80. The zero-order chi connectivity index (χ0) is 15.4. The molecule has 0 amide bonds. The lowest BCUT2D eigenvalue weighted by Gasteiger charge is -2.14. The Morgan fingerprint density at radius 1 is 1.29 bits per heavy atom. The van der Waals surface area contributed by atoms with Gasteiger partial charge in [0.2, 0.25) is 0 Å². The third-order valence-electron chi connectivity index (χ3n) is 2.83. The van der Waals surface area contributed by atoms with Crippen molar-refractivity contribution in [2.24, 2.45) is 0 Å². The van der Waals surface area contributed by atoms with Gasteiger partial charge in [-0.25, -0.2) is 18.7 Å². The molecule has 0 aliphatic heterocycles. The van der Waals surface area contributed by atoms with Gasteiger partial charge >= 0.3 is 0 Å². The van der Waals surface area contributed by atoms with Crippen LogP contribution in [0.25, 0.3) is 0 Å². The molecule has 0 aliphatic rings. The van der Waals surface area contributed by atoms with E-state index in [1.165, 1.54) is 11.3 Å². The summed E-state index contributed by atoms with van der Waals surface area (Å²) in [6.07, 6.45) is 2.59. The Hall–Kier alpha value is -1.76. The van der Waals surface area contributed by atoms with Crippen molar-refractivity contribution in [1.82, 2.24) is 9.97 Å². The molecule has 2 heterocycles. The van der Waals surface area contributed by atoms with E-state index >= 15 is 0 Å². The molecule has 2 aromatic heterocycles. The van der Waals surface area contributed by atoms with E-state index < -0.39 is 11.6 Å². The van der Waals surface area contributed by atoms with Crippen LogP contribution in [0.2, 0.25) is 0 Å². The lowest BCUT2D eigenvalue weighted by molar-refractivity contribution is 0.576. The number of aromatic nitrogens is 2. The average molecular weight is 312 g/mol. The Bertz CT molecular complexity index is 615. The second-order valence-electron chi connectivity index (χ2n) is 4.75. The molecule has 4 nitrogen and oxygen atoms in total. The summed E-state index contributed by atoms with van der Waals surface area (Å²) in [4.78, 5) is 9.31. The highest BCUT2D eigenvalue weighted by Gasteiger charge is 2.16. The minimum atomic E-state index is -0.713. The fourth-order valence-electron chi connectivity index (χ4n) is 1.77. The molecule has 114 valence electrons. The maximum Gasteiger partial charge on any atom is 0.168 e. The van der Waals surface area contributed by atoms with Crippen LogP contribution in [-0.4, -0.2) is 16.5 Å². The van der Waals surface area contributed by atoms with Crippen LogP contribution in [0.5, 0.6) is 0 Å². The molecule has 0 aromatic carbocycles. The molecule has 0 saturated heterocycles. The van der Waals surface area contributed by atoms with Crippen molar-refractivity contribution >= 4 is 23.0 Å². The van der Waals surface area contributed by atoms with Crippen LogP contribution in [0.3, 0.4) is 0 Å². The summed E-state index contributed by atoms with van der Waals surface area (Å²) < 4.78 is 27.4. The second kappa shape index (κ2) is 6.80. The summed E-state index contributed by atoms with van der Waals surface area (Å²) >= 11 is 1.53. The maximum atomic E-state index is 13.8. The Kier molecular flexibility index (Phi) is 5.06. The minimum absolute atomic E-state index is 0.0235. The molecule has 0 radical (unpaired) electrons. The normalized spacial score (nSPS) is 12.2. The third kappa shape index (κ3) is 3.87. The average Bonchev–Trinajstić information content (AvgIpc) is 2.87. The van der Waals surface area contributed by atoms with E-state index in [0.29, 0.717) is 6.54 Å². The van der Waals surface area contributed by atoms with Crippen LogP contribution in [0.1, 0.15) is 36.2 Å². The molecular weight excluding hydrogens is 294 g/mol. The summed E-state index contributed by atoms with van der Waals surface area (Å²) in [7, 11) is 0. The zero-order valence-corrected chi connectivity index (χ0v) is 13.0. The van der Waals surface area contributed by atoms with Crippen molar-refractivity contribution in [3.63, 3.8) is 0 Å². The number of halogens is 2. The molecule has 1 atom stereocenters. The van der Waals surface area contributed by atoms with Crippen molar-refractivity contribution in [3.05, 3.63) is 33.8 Å². The SMILES string of the molecule is CCCNc1nc(NC(C)c2ncc(C)s2)c(F)cc1F. The van der Waals surface area contributed by atoms with Crippen LogP contribution < -0.4 is 10.6 Å². The first kappa shape index (κ1) is 15.6. The van der Waals surface area contributed by atoms with Gasteiger partial charge in [-0.15, -0.1) is 11.3 Å². The summed E-state index contributed by atoms with van der Waals surface area (Å²) in [6.45, 7) is 6.36. The molecule has 0 saturated carbocycles. The van der Waals surface area contributed by atoms with Gasteiger partial charge in [-0.3, -0.25) is 0 Å². The Morgan fingerprint density at radius 3 is 2.62 bits per heavy atom. The van der Waals surface area contributed by atoms with Gasteiger partial charge < -0.3 is 10.6 Å². The van der Waals surface area contributed by atoms with E-state index in [9.17, 15) is 8.78 Å². The van der Waals surface area contributed by atoms with Gasteiger partial charge in [0.25, 0.3) is 0 Å².